The molecule has 5 heteroatoms. The molecule has 0 amide bonds. The normalized spacial score (nSPS) is 20.7. The van der Waals surface area contributed by atoms with Gasteiger partial charge in [0.05, 0.1) is 0 Å². The van der Waals surface area contributed by atoms with Gasteiger partial charge < -0.3 is 0 Å². The second-order valence-electron chi connectivity index (χ2n) is 4.00. The summed E-state index contributed by atoms with van der Waals surface area (Å²) < 4.78 is 0. The molecule has 0 N–H and O–H groups in total. The van der Waals surface area contributed by atoms with Gasteiger partial charge in [0.25, 0.3) is 0 Å². The van der Waals surface area contributed by atoms with Gasteiger partial charge in [0.15, 0.2) is 0 Å². The third-order valence-corrected chi connectivity index (χ3v) is 2.67. The van der Waals surface area contributed by atoms with Gasteiger partial charge in [-0.2, -0.15) is 0 Å². The number of hydrogen-bond acceptors (Lipinski definition) is 5. The van der Waals surface area contributed by atoms with Crippen molar-refractivity contribution in [3.63, 3.8) is 0 Å². The molecule has 0 saturated carbocycles. The fraction of sp³-hybridized carbons (Fsp3) is 0.500. The Hall–Kier alpha value is -1.62. The molecule has 0 saturated heterocycles. The predicted octanol–water partition coefficient (Wildman–Crippen LogP) is 2.14. The molecule has 0 aromatic heterocycles. The summed E-state index contributed by atoms with van der Waals surface area (Å²) in [5.74, 6) is 0.0906. The lowest BCUT2D eigenvalue weighted by molar-refractivity contribution is -0.474. The Balaban J connectivity index is 1.79. The molecule has 0 aromatic rings. The van der Waals surface area contributed by atoms with Crippen LogP contribution in [0.25, 0.3) is 0 Å². The van der Waals surface area contributed by atoms with Gasteiger partial charge in [-0.3, -0.25) is 19.4 Å². The lowest BCUT2D eigenvalue weighted by atomic mass is 10.1. The number of ketones is 2. The van der Waals surface area contributed by atoms with E-state index in [2.05, 4.69) is 5.04 Å². The summed E-state index contributed by atoms with van der Waals surface area (Å²) in [4.78, 5) is 32.1. The zero-order chi connectivity index (χ0) is 12.1. The van der Waals surface area contributed by atoms with Gasteiger partial charge in [0.2, 0.25) is 23.1 Å². The van der Waals surface area contributed by atoms with E-state index in [1.54, 1.807) is 12.2 Å². The minimum Gasteiger partial charge on any atom is -0.296 e. The molecule has 92 valence electrons. The lowest BCUT2D eigenvalue weighted by Gasteiger charge is -2.13. The van der Waals surface area contributed by atoms with Crippen LogP contribution in [-0.4, -0.2) is 11.6 Å². The molecule has 17 heavy (non-hydrogen) atoms. The summed E-state index contributed by atoms with van der Waals surface area (Å²) in [6.45, 7) is 0. The van der Waals surface area contributed by atoms with Crippen LogP contribution in [0.2, 0.25) is 0 Å². The van der Waals surface area contributed by atoms with Crippen LogP contribution in [-0.2, 0) is 24.4 Å². The molecule has 0 heterocycles. The zero-order valence-corrected chi connectivity index (χ0v) is 9.44. The van der Waals surface area contributed by atoms with Crippen molar-refractivity contribution in [2.75, 3.05) is 0 Å². The number of carbonyl (C=O) groups is 2. The average Bonchev–Trinajstić information content (AvgIpc) is 2.34. The predicted molar refractivity (Wildman–Crippen MR) is 57.1 cm³/mol. The SMILES string of the molecule is O=C1CCCC=C1OOOC1=CCCCC1=O. The van der Waals surface area contributed by atoms with Crippen molar-refractivity contribution >= 4 is 11.6 Å². The maximum atomic E-state index is 11.3. The van der Waals surface area contributed by atoms with E-state index >= 15 is 0 Å². The monoisotopic (exact) mass is 238 g/mol. The van der Waals surface area contributed by atoms with Gasteiger partial charge in [0, 0.05) is 17.9 Å². The molecule has 0 radical (unpaired) electrons. The highest BCUT2D eigenvalue weighted by molar-refractivity contribution is 5.94. The molecule has 0 bridgehead atoms. The van der Waals surface area contributed by atoms with E-state index in [0.717, 1.165) is 25.7 Å². The Bertz CT molecular complexity index is 344. The molecule has 5 nitrogen and oxygen atoms in total. The van der Waals surface area contributed by atoms with Crippen molar-refractivity contribution in [3.05, 3.63) is 23.7 Å². The van der Waals surface area contributed by atoms with E-state index in [-0.39, 0.29) is 23.1 Å². The second-order valence-corrected chi connectivity index (χ2v) is 4.00. The summed E-state index contributed by atoms with van der Waals surface area (Å²) in [5, 5.41) is 4.48. The molecular formula is C12H14O5. The fourth-order valence-corrected chi connectivity index (χ4v) is 1.72. The van der Waals surface area contributed by atoms with Crippen LogP contribution in [0.3, 0.4) is 0 Å². The van der Waals surface area contributed by atoms with Gasteiger partial charge in [-0.25, -0.2) is 0 Å². The zero-order valence-electron chi connectivity index (χ0n) is 9.44. The first-order valence-corrected chi connectivity index (χ1v) is 5.75. The molecule has 0 fully saturated rings. The minimum atomic E-state index is -0.108. The van der Waals surface area contributed by atoms with Crippen molar-refractivity contribution in [2.24, 2.45) is 0 Å². The first-order chi connectivity index (χ1) is 8.27. The molecule has 0 spiro atoms. The fourth-order valence-electron chi connectivity index (χ4n) is 1.72. The molecule has 0 unspecified atom stereocenters. The van der Waals surface area contributed by atoms with Gasteiger partial charge in [-0.05, 0) is 37.8 Å². The topological polar surface area (TPSA) is 61.8 Å². The van der Waals surface area contributed by atoms with E-state index in [9.17, 15) is 9.59 Å². The lowest BCUT2D eigenvalue weighted by Crippen LogP contribution is -2.14. The Morgan fingerprint density at radius 2 is 1.29 bits per heavy atom. The summed E-state index contributed by atoms with van der Waals surface area (Å²) in [6.07, 6.45) is 7.46. The van der Waals surface area contributed by atoms with Crippen LogP contribution in [0.15, 0.2) is 23.7 Å². The molecule has 0 aliphatic heterocycles. The van der Waals surface area contributed by atoms with Crippen molar-refractivity contribution in [2.45, 2.75) is 38.5 Å². The first-order valence-electron chi connectivity index (χ1n) is 5.75. The van der Waals surface area contributed by atoms with Crippen molar-refractivity contribution in [1.29, 1.82) is 0 Å². The number of allylic oxidation sites excluding steroid dienone is 4. The van der Waals surface area contributed by atoms with Crippen LogP contribution >= 0.6 is 0 Å². The molecule has 2 rings (SSSR count). The highest BCUT2D eigenvalue weighted by atomic mass is 17.5. The Morgan fingerprint density at radius 1 is 0.824 bits per heavy atom. The van der Waals surface area contributed by atoms with Gasteiger partial charge in [-0.15, -0.1) is 0 Å². The number of rotatable bonds is 4. The highest BCUT2D eigenvalue weighted by Gasteiger charge is 2.19. The number of hydrogen-bond donors (Lipinski definition) is 0. The Kier molecular flexibility index (Phi) is 3.93. The van der Waals surface area contributed by atoms with Crippen molar-refractivity contribution in [3.8, 4) is 0 Å². The summed E-state index contributed by atoms with van der Waals surface area (Å²) >= 11 is 0. The third kappa shape index (κ3) is 3.17. The average molecular weight is 238 g/mol. The quantitative estimate of drug-likeness (QED) is 0.554. The van der Waals surface area contributed by atoms with Gasteiger partial charge in [-0.1, -0.05) is 0 Å². The van der Waals surface area contributed by atoms with E-state index in [1.807, 2.05) is 0 Å². The van der Waals surface area contributed by atoms with E-state index in [0.29, 0.717) is 12.8 Å². The molecule has 0 aromatic carbocycles. The molecular weight excluding hydrogens is 224 g/mol. The third-order valence-electron chi connectivity index (χ3n) is 2.67. The molecule has 0 atom stereocenters. The maximum absolute atomic E-state index is 11.3. The van der Waals surface area contributed by atoms with Crippen LogP contribution in [0.1, 0.15) is 38.5 Å². The van der Waals surface area contributed by atoms with Crippen LogP contribution < -0.4 is 0 Å². The maximum Gasteiger partial charge on any atom is 0.208 e. The van der Waals surface area contributed by atoms with E-state index in [4.69, 9.17) is 9.78 Å². The standard InChI is InChI=1S/C12H14O5/c13-9-5-1-3-7-11(9)15-17-16-12-8-4-2-6-10(12)14/h7-8H,1-6H2. The van der Waals surface area contributed by atoms with Crippen molar-refractivity contribution < 1.29 is 24.4 Å². The summed E-state index contributed by atoms with van der Waals surface area (Å²) in [6, 6.07) is 0. The second kappa shape index (κ2) is 5.63. The van der Waals surface area contributed by atoms with E-state index < -0.39 is 0 Å². The van der Waals surface area contributed by atoms with Crippen molar-refractivity contribution in [1.82, 2.24) is 0 Å². The first kappa shape index (κ1) is 11.9. The van der Waals surface area contributed by atoms with E-state index in [1.165, 1.54) is 0 Å². The molecule has 2 aliphatic carbocycles. The number of Topliss-reactive ketones (excluding diaryl/α,β-unsaturated/α-hetero) is 2. The Morgan fingerprint density at radius 3 is 1.71 bits per heavy atom. The minimum absolute atomic E-state index is 0.108. The smallest absolute Gasteiger partial charge is 0.208 e. The largest absolute Gasteiger partial charge is 0.296 e. The van der Waals surface area contributed by atoms with Crippen LogP contribution in [0, 0.1) is 0 Å². The summed E-state index contributed by atoms with van der Waals surface area (Å²) in [5.41, 5.74) is 0. The van der Waals surface area contributed by atoms with Gasteiger partial charge >= 0.3 is 0 Å². The van der Waals surface area contributed by atoms with Crippen LogP contribution in [0.4, 0.5) is 0 Å². The molecule has 2 aliphatic rings. The Labute approximate surface area is 98.9 Å². The van der Waals surface area contributed by atoms with Crippen LogP contribution in [0.5, 0.6) is 0 Å². The number of carbonyl (C=O) groups excluding carboxylic acids is 2. The summed E-state index contributed by atoms with van der Waals surface area (Å²) in [7, 11) is 0. The highest BCUT2D eigenvalue weighted by Crippen LogP contribution is 2.18. The van der Waals surface area contributed by atoms with Gasteiger partial charge in [0.1, 0.15) is 0 Å².